The maximum Gasteiger partial charge on any atom is 0.247 e. The second-order valence-corrected chi connectivity index (χ2v) is 9.00. The van der Waals surface area contributed by atoms with Crippen molar-refractivity contribution in [3.63, 3.8) is 0 Å². The molecule has 0 aliphatic heterocycles. The molecule has 3 amide bonds. The predicted molar refractivity (Wildman–Crippen MR) is 118 cm³/mol. The van der Waals surface area contributed by atoms with Gasteiger partial charge in [-0.05, 0) is 17.8 Å². The molecule has 0 aromatic heterocycles. The van der Waals surface area contributed by atoms with Crippen molar-refractivity contribution in [2.45, 2.75) is 53.5 Å². The van der Waals surface area contributed by atoms with Crippen molar-refractivity contribution < 1.29 is 29.1 Å². The van der Waals surface area contributed by atoms with Crippen LogP contribution >= 0.6 is 0 Å². The first kappa shape index (κ1) is 29.0. The molecule has 180 valence electrons. The van der Waals surface area contributed by atoms with Gasteiger partial charge in [-0.1, -0.05) is 40.7 Å². The molecule has 0 aromatic rings. The third-order valence-corrected chi connectivity index (χ3v) is 4.53. The summed E-state index contributed by atoms with van der Waals surface area (Å²) in [6, 6.07) is -0.790. The highest BCUT2D eigenvalue weighted by Gasteiger charge is 2.35. The maximum atomic E-state index is 13.0. The molecule has 0 aliphatic rings. The number of hydroxylamine groups is 2. The quantitative estimate of drug-likeness (QED) is 0.154. The van der Waals surface area contributed by atoms with Crippen LogP contribution in [-0.4, -0.2) is 74.1 Å². The van der Waals surface area contributed by atoms with Gasteiger partial charge in [0.05, 0.1) is 26.4 Å². The first-order chi connectivity index (χ1) is 14.4. The Bertz CT molecular complexity index is 574. The molecule has 0 saturated carbocycles. The minimum Gasteiger partial charge on any atom is -0.382 e. The number of amides is 3. The van der Waals surface area contributed by atoms with Gasteiger partial charge in [0.1, 0.15) is 6.04 Å². The lowest BCUT2D eigenvalue weighted by atomic mass is 9.85. The molecule has 0 aromatic carbocycles. The molecule has 31 heavy (non-hydrogen) atoms. The Labute approximate surface area is 186 Å². The van der Waals surface area contributed by atoms with Crippen molar-refractivity contribution in [3.8, 4) is 0 Å². The minimum absolute atomic E-state index is 0.0195. The van der Waals surface area contributed by atoms with Crippen LogP contribution in [0.15, 0.2) is 12.7 Å². The monoisotopic (exact) mass is 443 g/mol. The van der Waals surface area contributed by atoms with E-state index in [1.165, 1.54) is 6.08 Å². The average molecular weight is 444 g/mol. The minimum atomic E-state index is -0.790. The van der Waals surface area contributed by atoms with Crippen LogP contribution in [0.25, 0.3) is 0 Å². The van der Waals surface area contributed by atoms with Crippen LogP contribution in [-0.2, 0) is 23.9 Å². The number of hydrogen-bond donors (Lipinski definition) is 3. The highest BCUT2D eigenvalue weighted by molar-refractivity contribution is 5.91. The zero-order valence-corrected chi connectivity index (χ0v) is 19.9. The number of nitrogens with zero attached hydrogens (tertiary/aromatic N) is 1. The third-order valence-electron chi connectivity index (χ3n) is 4.53. The van der Waals surface area contributed by atoms with Crippen molar-refractivity contribution in [2.75, 3.05) is 40.0 Å². The Morgan fingerprint density at radius 1 is 1.13 bits per heavy atom. The lowest BCUT2D eigenvalue weighted by Gasteiger charge is -2.32. The summed E-state index contributed by atoms with van der Waals surface area (Å²) in [6.45, 7) is 14.5. The fourth-order valence-corrected chi connectivity index (χ4v) is 2.92. The van der Waals surface area contributed by atoms with Crippen LogP contribution in [0.2, 0.25) is 0 Å². The Balaban J connectivity index is 5.10. The number of nitrogens with one attached hydrogen (secondary N) is 2. The second kappa shape index (κ2) is 14.9. The van der Waals surface area contributed by atoms with Gasteiger partial charge in [-0.3, -0.25) is 19.6 Å². The van der Waals surface area contributed by atoms with E-state index < -0.39 is 23.3 Å². The summed E-state index contributed by atoms with van der Waals surface area (Å²) in [4.78, 5) is 38.0. The molecule has 0 radical (unpaired) electrons. The van der Waals surface area contributed by atoms with E-state index in [9.17, 15) is 19.6 Å². The van der Waals surface area contributed by atoms with E-state index in [1.807, 2.05) is 34.6 Å². The molecule has 9 nitrogen and oxygen atoms in total. The summed E-state index contributed by atoms with van der Waals surface area (Å²) in [7, 11) is 1.58. The summed E-state index contributed by atoms with van der Waals surface area (Å²) in [5.41, 5.74) is -0.547. The van der Waals surface area contributed by atoms with Crippen LogP contribution < -0.4 is 10.6 Å². The van der Waals surface area contributed by atoms with Crippen LogP contribution in [0, 0.1) is 17.3 Å². The van der Waals surface area contributed by atoms with Crippen LogP contribution in [0.5, 0.6) is 0 Å². The van der Waals surface area contributed by atoms with E-state index in [0.717, 1.165) is 0 Å². The number of hydrogen-bond acceptors (Lipinski definition) is 6. The van der Waals surface area contributed by atoms with Gasteiger partial charge >= 0.3 is 0 Å². The molecule has 0 rings (SSSR count). The number of ether oxygens (including phenoxy) is 2. The van der Waals surface area contributed by atoms with Crippen molar-refractivity contribution in [3.05, 3.63) is 12.7 Å². The van der Waals surface area contributed by atoms with Crippen LogP contribution in [0.3, 0.4) is 0 Å². The molecule has 0 heterocycles. The third kappa shape index (κ3) is 12.5. The van der Waals surface area contributed by atoms with Gasteiger partial charge < -0.3 is 20.1 Å². The van der Waals surface area contributed by atoms with Crippen molar-refractivity contribution in [1.29, 1.82) is 0 Å². The molecule has 9 heteroatoms. The maximum absolute atomic E-state index is 13.0. The second-order valence-electron chi connectivity index (χ2n) is 9.00. The summed E-state index contributed by atoms with van der Waals surface area (Å²) in [6.07, 6.45) is 1.69. The standard InChI is InChI=1S/C22H41N3O6/c1-8-10-25(29)18(26)15-17(14-16(2)3)20(27)24-19(22(4,5)6)21(28)23-9-11-31-13-12-30-7/h8,16-17,19,29H,1,9-15H2,2-7H3,(H,23,28)(H,24,27)/t17-,19-/m1/s1. The van der Waals surface area contributed by atoms with Crippen molar-refractivity contribution >= 4 is 17.7 Å². The van der Waals surface area contributed by atoms with E-state index in [4.69, 9.17) is 9.47 Å². The van der Waals surface area contributed by atoms with Crippen molar-refractivity contribution in [1.82, 2.24) is 15.7 Å². The zero-order valence-electron chi connectivity index (χ0n) is 19.9. The summed E-state index contributed by atoms with van der Waals surface area (Å²) < 4.78 is 10.2. The summed E-state index contributed by atoms with van der Waals surface area (Å²) in [5.74, 6) is -1.78. The first-order valence-electron chi connectivity index (χ1n) is 10.7. The van der Waals surface area contributed by atoms with Gasteiger partial charge in [-0.15, -0.1) is 6.58 Å². The van der Waals surface area contributed by atoms with E-state index in [-0.39, 0.29) is 30.7 Å². The van der Waals surface area contributed by atoms with Crippen molar-refractivity contribution in [2.24, 2.45) is 17.3 Å². The zero-order chi connectivity index (χ0) is 24.0. The molecular formula is C22H41N3O6. The molecule has 0 unspecified atom stereocenters. The molecule has 3 N–H and O–H groups in total. The van der Waals surface area contributed by atoms with Gasteiger partial charge in [0.15, 0.2) is 0 Å². The Morgan fingerprint density at radius 3 is 2.29 bits per heavy atom. The smallest absolute Gasteiger partial charge is 0.247 e. The van der Waals surface area contributed by atoms with Gasteiger partial charge in [-0.2, -0.15) is 0 Å². The fourth-order valence-electron chi connectivity index (χ4n) is 2.92. The summed E-state index contributed by atoms with van der Waals surface area (Å²) >= 11 is 0. The molecule has 0 spiro atoms. The highest BCUT2D eigenvalue weighted by atomic mass is 16.5. The van der Waals surface area contributed by atoms with Gasteiger partial charge in [0, 0.05) is 26.0 Å². The number of methoxy groups -OCH3 is 1. The number of carbonyl (C=O) groups is 3. The lowest BCUT2D eigenvalue weighted by molar-refractivity contribution is -0.165. The Kier molecular flexibility index (Phi) is 14.0. The highest BCUT2D eigenvalue weighted by Crippen LogP contribution is 2.22. The average Bonchev–Trinajstić information content (AvgIpc) is 2.66. The number of carbonyl (C=O) groups excluding carboxylic acids is 3. The van der Waals surface area contributed by atoms with E-state index in [1.54, 1.807) is 7.11 Å². The van der Waals surface area contributed by atoms with Gasteiger partial charge in [0.2, 0.25) is 17.7 Å². The van der Waals surface area contributed by atoms with E-state index in [0.29, 0.717) is 37.8 Å². The molecular weight excluding hydrogens is 402 g/mol. The largest absolute Gasteiger partial charge is 0.382 e. The molecule has 0 bridgehead atoms. The normalized spacial score (nSPS) is 13.4. The van der Waals surface area contributed by atoms with Crippen LogP contribution in [0.4, 0.5) is 0 Å². The predicted octanol–water partition coefficient (Wildman–Crippen LogP) is 1.75. The molecule has 2 atom stereocenters. The van der Waals surface area contributed by atoms with Gasteiger partial charge in [-0.25, -0.2) is 5.06 Å². The number of rotatable bonds is 15. The topological polar surface area (TPSA) is 117 Å². The van der Waals surface area contributed by atoms with E-state index >= 15 is 0 Å². The molecule has 0 saturated heterocycles. The molecule has 0 fully saturated rings. The molecule has 0 aliphatic carbocycles. The van der Waals surface area contributed by atoms with Gasteiger partial charge in [0.25, 0.3) is 0 Å². The Morgan fingerprint density at radius 2 is 1.77 bits per heavy atom. The summed E-state index contributed by atoms with van der Waals surface area (Å²) in [5, 5.41) is 15.9. The lowest BCUT2D eigenvalue weighted by Crippen LogP contribution is -2.55. The SMILES string of the molecule is C=CCN(O)C(=O)C[C@@H](CC(C)C)C(=O)N[C@H](C(=O)NCCOCCOC)C(C)(C)C. The fraction of sp³-hybridized carbons (Fsp3) is 0.773. The first-order valence-corrected chi connectivity index (χ1v) is 10.7. The Hall–Kier alpha value is -1.97. The van der Waals surface area contributed by atoms with E-state index in [2.05, 4.69) is 17.2 Å². The van der Waals surface area contributed by atoms with Crippen LogP contribution in [0.1, 0.15) is 47.5 Å².